The monoisotopic (exact) mass is 318 g/mol. The molecule has 0 fully saturated rings. The number of nitrogens with zero attached hydrogens (tertiary/aromatic N) is 1. The fourth-order valence-electron chi connectivity index (χ4n) is 2.42. The van der Waals surface area contributed by atoms with Gasteiger partial charge in [-0.1, -0.05) is 30.3 Å². The summed E-state index contributed by atoms with van der Waals surface area (Å²) in [5.74, 6) is -0.265. The third kappa shape index (κ3) is 3.05. The van der Waals surface area contributed by atoms with Crippen LogP contribution in [0.25, 0.3) is 17.0 Å². The molecule has 0 aliphatic carbocycles. The molecule has 3 rings (SSSR count). The minimum Gasteiger partial charge on any atom is -0.360 e. The number of ketones is 1. The van der Waals surface area contributed by atoms with Crippen LogP contribution in [-0.4, -0.2) is 17.0 Å². The van der Waals surface area contributed by atoms with Crippen LogP contribution in [0.4, 0.5) is 0 Å². The maximum Gasteiger partial charge on any atom is 0.205 e. The van der Waals surface area contributed by atoms with Gasteiger partial charge in [0.05, 0.1) is 0 Å². The molecule has 0 radical (unpaired) electrons. The van der Waals surface area contributed by atoms with Crippen molar-refractivity contribution in [1.29, 1.82) is 5.26 Å². The lowest BCUT2D eigenvalue weighted by Crippen LogP contribution is -2.01. The quantitative estimate of drug-likeness (QED) is 0.329. The third-order valence-electron chi connectivity index (χ3n) is 3.63. The third-order valence-corrected chi connectivity index (χ3v) is 4.37. The number of allylic oxidation sites excluding steroid dienone is 1. The lowest BCUT2D eigenvalue weighted by molar-refractivity contribution is 0.104. The van der Waals surface area contributed by atoms with Crippen molar-refractivity contribution in [2.24, 2.45) is 0 Å². The summed E-state index contributed by atoms with van der Waals surface area (Å²) in [7, 11) is 0. The first-order valence-corrected chi connectivity index (χ1v) is 8.32. The Morgan fingerprint density at radius 1 is 1.17 bits per heavy atom. The number of hydrogen-bond acceptors (Lipinski definition) is 3. The van der Waals surface area contributed by atoms with Crippen LogP contribution in [0.15, 0.2) is 65.2 Å². The summed E-state index contributed by atoms with van der Waals surface area (Å²) in [6.45, 7) is 0. The van der Waals surface area contributed by atoms with Gasteiger partial charge in [-0.15, -0.1) is 11.8 Å². The van der Waals surface area contributed by atoms with Crippen molar-refractivity contribution in [3.63, 3.8) is 0 Å². The maximum atomic E-state index is 12.7. The normalized spacial score (nSPS) is 11.4. The minimum atomic E-state index is -0.265. The number of aromatic nitrogens is 1. The van der Waals surface area contributed by atoms with Crippen molar-refractivity contribution in [2.75, 3.05) is 6.26 Å². The molecule has 0 atom stereocenters. The molecule has 2 aromatic carbocycles. The maximum absolute atomic E-state index is 12.7. The van der Waals surface area contributed by atoms with Crippen molar-refractivity contribution >= 4 is 34.5 Å². The number of aromatic amines is 1. The number of benzene rings is 2. The average Bonchev–Trinajstić information content (AvgIpc) is 3.03. The highest BCUT2D eigenvalue weighted by Gasteiger charge is 2.16. The molecule has 0 aliphatic heterocycles. The molecule has 0 amide bonds. The Hall–Kier alpha value is -2.77. The summed E-state index contributed by atoms with van der Waals surface area (Å²) in [6.07, 6.45) is 5.30. The van der Waals surface area contributed by atoms with Crippen molar-refractivity contribution in [3.05, 3.63) is 71.4 Å². The molecule has 4 heteroatoms. The molecule has 3 nitrogen and oxygen atoms in total. The number of hydrogen-bond donors (Lipinski definition) is 1. The molecule has 112 valence electrons. The molecule has 3 aromatic rings. The van der Waals surface area contributed by atoms with E-state index < -0.39 is 0 Å². The van der Waals surface area contributed by atoms with Crippen LogP contribution in [0.3, 0.4) is 0 Å². The summed E-state index contributed by atoms with van der Waals surface area (Å²) in [5.41, 5.74) is 2.38. The molecular formula is C19H14N2OS. The molecule has 0 saturated carbocycles. The lowest BCUT2D eigenvalue weighted by Gasteiger charge is -2.00. The van der Waals surface area contributed by atoms with Crippen molar-refractivity contribution in [3.8, 4) is 6.07 Å². The van der Waals surface area contributed by atoms with E-state index in [1.54, 1.807) is 24.0 Å². The SMILES string of the molecule is CSc1ccc(/C=C(\C#N)C(=O)c2c[nH]c3ccccc23)cc1. The molecule has 0 saturated heterocycles. The zero-order valence-corrected chi connectivity index (χ0v) is 13.4. The van der Waals surface area contributed by atoms with Crippen LogP contribution in [0, 0.1) is 11.3 Å². The number of H-pyrrole nitrogens is 1. The second-order valence-corrected chi connectivity index (χ2v) is 5.90. The topological polar surface area (TPSA) is 56.6 Å². The zero-order chi connectivity index (χ0) is 16.2. The Morgan fingerprint density at radius 2 is 1.91 bits per heavy atom. The van der Waals surface area contributed by atoms with Gasteiger partial charge < -0.3 is 4.98 Å². The van der Waals surface area contributed by atoms with Gasteiger partial charge in [0.1, 0.15) is 11.6 Å². The number of Topliss-reactive ketones (excluding diaryl/α,β-unsaturated/α-hetero) is 1. The Kier molecular flexibility index (Phi) is 4.31. The van der Waals surface area contributed by atoms with Gasteiger partial charge in [-0.25, -0.2) is 0 Å². The average molecular weight is 318 g/mol. The molecule has 0 unspecified atom stereocenters. The van der Waals surface area contributed by atoms with E-state index in [9.17, 15) is 10.1 Å². The molecule has 0 spiro atoms. The molecular weight excluding hydrogens is 304 g/mol. The van der Waals surface area contributed by atoms with Gasteiger partial charge in [0.15, 0.2) is 0 Å². The first-order chi connectivity index (χ1) is 11.2. The standard InChI is InChI=1S/C19H14N2OS/c1-23-15-8-6-13(7-9-15)10-14(11-20)19(22)17-12-21-18-5-3-2-4-16(17)18/h2-10,12,21H,1H3/b14-10+. The highest BCUT2D eigenvalue weighted by atomic mass is 32.2. The van der Waals surface area contributed by atoms with Crippen LogP contribution in [0.5, 0.6) is 0 Å². The first-order valence-electron chi connectivity index (χ1n) is 7.09. The van der Waals surface area contributed by atoms with Crippen LogP contribution in [0.2, 0.25) is 0 Å². The Labute approximate surface area is 138 Å². The Balaban J connectivity index is 1.98. The summed E-state index contributed by atoms with van der Waals surface area (Å²) in [4.78, 5) is 16.9. The van der Waals surface area contributed by atoms with Gasteiger partial charge in [-0.3, -0.25) is 4.79 Å². The molecule has 1 N–H and O–H groups in total. The summed E-state index contributed by atoms with van der Waals surface area (Å²) in [6, 6.07) is 17.4. The molecule has 23 heavy (non-hydrogen) atoms. The van der Waals surface area contributed by atoms with Gasteiger partial charge in [-0.05, 0) is 36.1 Å². The number of carbonyl (C=O) groups excluding carboxylic acids is 1. The lowest BCUT2D eigenvalue weighted by atomic mass is 10.0. The number of nitriles is 1. The van der Waals surface area contributed by atoms with E-state index in [0.717, 1.165) is 21.4 Å². The second-order valence-electron chi connectivity index (χ2n) is 5.02. The van der Waals surface area contributed by atoms with E-state index in [2.05, 4.69) is 4.98 Å². The van der Waals surface area contributed by atoms with Gasteiger partial charge in [0, 0.05) is 27.6 Å². The predicted octanol–water partition coefficient (Wildman–Crippen LogP) is 4.68. The van der Waals surface area contributed by atoms with Crippen LogP contribution in [0.1, 0.15) is 15.9 Å². The van der Waals surface area contributed by atoms with E-state index in [0.29, 0.717) is 5.56 Å². The fourth-order valence-corrected chi connectivity index (χ4v) is 2.83. The second kappa shape index (κ2) is 6.55. The van der Waals surface area contributed by atoms with E-state index in [-0.39, 0.29) is 11.4 Å². The van der Waals surface area contributed by atoms with Crippen molar-refractivity contribution in [1.82, 2.24) is 4.98 Å². The summed E-state index contributed by atoms with van der Waals surface area (Å²) in [5, 5.41) is 10.2. The largest absolute Gasteiger partial charge is 0.360 e. The highest BCUT2D eigenvalue weighted by molar-refractivity contribution is 7.98. The summed E-state index contributed by atoms with van der Waals surface area (Å²) < 4.78 is 0. The minimum absolute atomic E-state index is 0.131. The van der Waals surface area contributed by atoms with Crippen LogP contribution < -0.4 is 0 Å². The number of thioether (sulfide) groups is 1. The van der Waals surface area contributed by atoms with E-state index in [1.165, 1.54) is 0 Å². The van der Waals surface area contributed by atoms with E-state index in [1.807, 2.05) is 60.9 Å². The number of para-hydroxylation sites is 1. The Bertz CT molecular complexity index is 930. The van der Waals surface area contributed by atoms with E-state index >= 15 is 0 Å². The van der Waals surface area contributed by atoms with Crippen molar-refractivity contribution in [2.45, 2.75) is 4.90 Å². The summed E-state index contributed by atoms with van der Waals surface area (Å²) >= 11 is 1.65. The number of nitrogens with one attached hydrogen (secondary N) is 1. The molecule has 1 aromatic heterocycles. The van der Waals surface area contributed by atoms with Gasteiger partial charge in [0.2, 0.25) is 5.78 Å². The van der Waals surface area contributed by atoms with Gasteiger partial charge in [-0.2, -0.15) is 5.26 Å². The Morgan fingerprint density at radius 3 is 2.61 bits per heavy atom. The van der Waals surface area contributed by atoms with Gasteiger partial charge >= 0.3 is 0 Å². The van der Waals surface area contributed by atoms with Crippen molar-refractivity contribution < 1.29 is 4.79 Å². The highest BCUT2D eigenvalue weighted by Crippen LogP contribution is 2.22. The number of rotatable bonds is 4. The number of fused-ring (bicyclic) bond motifs is 1. The van der Waals surface area contributed by atoms with Crippen LogP contribution >= 0.6 is 11.8 Å². The molecule has 1 heterocycles. The molecule has 0 bridgehead atoms. The zero-order valence-electron chi connectivity index (χ0n) is 12.5. The van der Waals surface area contributed by atoms with E-state index in [4.69, 9.17) is 0 Å². The molecule has 0 aliphatic rings. The predicted molar refractivity (Wildman–Crippen MR) is 94.4 cm³/mol. The first kappa shape index (κ1) is 15.1. The fraction of sp³-hybridized carbons (Fsp3) is 0.0526. The number of carbonyl (C=O) groups is 1. The van der Waals surface area contributed by atoms with Crippen LogP contribution in [-0.2, 0) is 0 Å². The van der Waals surface area contributed by atoms with Gasteiger partial charge in [0.25, 0.3) is 0 Å². The smallest absolute Gasteiger partial charge is 0.205 e.